The summed E-state index contributed by atoms with van der Waals surface area (Å²) in [7, 11) is 0. The highest BCUT2D eigenvalue weighted by atomic mass is 16.4. The number of carboxylic acids is 1. The van der Waals surface area contributed by atoms with Crippen LogP contribution in [0.3, 0.4) is 0 Å². The number of hydrogen-bond acceptors (Lipinski definition) is 3. The fourth-order valence-corrected chi connectivity index (χ4v) is 2.87. The van der Waals surface area contributed by atoms with Crippen molar-refractivity contribution >= 4 is 11.5 Å². The van der Waals surface area contributed by atoms with Crippen LogP contribution < -0.4 is 5.32 Å². The molecule has 1 saturated heterocycles. The number of piperidine rings is 1. The normalized spacial score (nSPS) is 19.4. The average molecular weight is 273 g/mol. The van der Waals surface area contributed by atoms with Crippen LogP contribution in [0.1, 0.15) is 41.1 Å². The number of nitrogens with one attached hydrogen (secondary N) is 1. The minimum Gasteiger partial charge on any atom is -0.476 e. The molecule has 1 unspecified atom stereocenters. The standard InChI is InChI=1S/C15H19N3O2/c1-10-5-6-12-14(15(19)20)17-13(18(12)9-10)8-11-4-2-3-7-16-11/h5-6,9,11,16H,2-4,7-8H2,1H3,(H,19,20). The second-order valence-electron chi connectivity index (χ2n) is 5.49. The SMILES string of the molecule is Cc1ccc2c(C(=O)O)nc(CC3CCCCN3)n2c1. The highest BCUT2D eigenvalue weighted by molar-refractivity contribution is 5.93. The van der Waals surface area contributed by atoms with E-state index < -0.39 is 5.97 Å². The molecule has 2 N–H and O–H groups in total. The molecule has 1 fully saturated rings. The van der Waals surface area contributed by atoms with Gasteiger partial charge < -0.3 is 14.8 Å². The lowest BCUT2D eigenvalue weighted by molar-refractivity contribution is 0.0693. The molecule has 0 aliphatic carbocycles. The molecule has 0 saturated carbocycles. The minimum atomic E-state index is -0.964. The Morgan fingerprint density at radius 3 is 3.05 bits per heavy atom. The quantitative estimate of drug-likeness (QED) is 0.898. The number of aromatic carboxylic acids is 1. The van der Waals surface area contributed by atoms with Crippen LogP contribution in [0.5, 0.6) is 0 Å². The Bertz CT molecular complexity index is 642. The van der Waals surface area contributed by atoms with E-state index in [9.17, 15) is 9.90 Å². The van der Waals surface area contributed by atoms with Gasteiger partial charge in [-0.05, 0) is 37.9 Å². The summed E-state index contributed by atoms with van der Waals surface area (Å²) in [5, 5.41) is 12.8. The van der Waals surface area contributed by atoms with Gasteiger partial charge in [0.1, 0.15) is 5.82 Å². The van der Waals surface area contributed by atoms with Crippen molar-refractivity contribution in [3.63, 3.8) is 0 Å². The molecular formula is C15H19N3O2. The second kappa shape index (κ2) is 5.25. The number of fused-ring (bicyclic) bond motifs is 1. The van der Waals surface area contributed by atoms with Crippen LogP contribution in [0.2, 0.25) is 0 Å². The molecule has 1 aliphatic heterocycles. The Kier molecular flexibility index (Phi) is 3.44. The van der Waals surface area contributed by atoms with E-state index in [0.29, 0.717) is 11.6 Å². The molecule has 5 nitrogen and oxygen atoms in total. The van der Waals surface area contributed by atoms with Crippen LogP contribution in [0.25, 0.3) is 5.52 Å². The topological polar surface area (TPSA) is 66.6 Å². The molecule has 3 heterocycles. The number of imidazole rings is 1. The lowest BCUT2D eigenvalue weighted by atomic mass is 10.0. The third-order valence-electron chi connectivity index (χ3n) is 3.90. The van der Waals surface area contributed by atoms with Crippen LogP contribution in [0.15, 0.2) is 18.3 Å². The van der Waals surface area contributed by atoms with E-state index in [4.69, 9.17) is 0 Å². The Balaban J connectivity index is 2.00. The summed E-state index contributed by atoms with van der Waals surface area (Å²) in [6.07, 6.45) is 6.32. The molecule has 0 radical (unpaired) electrons. The van der Waals surface area contributed by atoms with Crippen LogP contribution in [0.4, 0.5) is 0 Å². The molecule has 0 bridgehead atoms. The summed E-state index contributed by atoms with van der Waals surface area (Å²) >= 11 is 0. The van der Waals surface area contributed by atoms with E-state index in [-0.39, 0.29) is 5.69 Å². The number of aryl methyl sites for hydroxylation is 1. The van der Waals surface area contributed by atoms with Crippen LogP contribution in [-0.4, -0.2) is 33.0 Å². The number of carbonyl (C=O) groups is 1. The van der Waals surface area contributed by atoms with Crippen molar-refractivity contribution in [1.82, 2.24) is 14.7 Å². The zero-order valence-electron chi connectivity index (χ0n) is 11.6. The van der Waals surface area contributed by atoms with E-state index in [1.165, 1.54) is 12.8 Å². The van der Waals surface area contributed by atoms with Crippen molar-refractivity contribution in [3.05, 3.63) is 35.4 Å². The fraction of sp³-hybridized carbons (Fsp3) is 0.467. The van der Waals surface area contributed by atoms with Crippen molar-refractivity contribution in [1.29, 1.82) is 0 Å². The summed E-state index contributed by atoms with van der Waals surface area (Å²) in [5.41, 5.74) is 1.93. The van der Waals surface area contributed by atoms with Gasteiger partial charge in [-0.15, -0.1) is 0 Å². The zero-order valence-corrected chi connectivity index (χ0v) is 11.6. The summed E-state index contributed by atoms with van der Waals surface area (Å²) < 4.78 is 1.93. The maximum Gasteiger partial charge on any atom is 0.356 e. The maximum absolute atomic E-state index is 11.3. The molecule has 20 heavy (non-hydrogen) atoms. The molecule has 0 aromatic carbocycles. The van der Waals surface area contributed by atoms with Crippen LogP contribution in [0, 0.1) is 6.92 Å². The minimum absolute atomic E-state index is 0.149. The lowest BCUT2D eigenvalue weighted by Gasteiger charge is -2.22. The number of nitrogens with zero attached hydrogens (tertiary/aromatic N) is 2. The summed E-state index contributed by atoms with van der Waals surface area (Å²) in [4.78, 5) is 15.7. The fourth-order valence-electron chi connectivity index (χ4n) is 2.87. The van der Waals surface area contributed by atoms with Gasteiger partial charge in [-0.2, -0.15) is 0 Å². The predicted molar refractivity (Wildman–Crippen MR) is 76.2 cm³/mol. The van der Waals surface area contributed by atoms with E-state index in [0.717, 1.165) is 30.8 Å². The largest absolute Gasteiger partial charge is 0.476 e. The Morgan fingerprint density at radius 1 is 1.50 bits per heavy atom. The van der Waals surface area contributed by atoms with Crippen molar-refractivity contribution in [2.45, 2.75) is 38.6 Å². The van der Waals surface area contributed by atoms with Gasteiger partial charge in [-0.3, -0.25) is 0 Å². The van der Waals surface area contributed by atoms with Gasteiger partial charge >= 0.3 is 5.97 Å². The van der Waals surface area contributed by atoms with Crippen molar-refractivity contribution in [3.8, 4) is 0 Å². The molecule has 1 atom stereocenters. The molecule has 0 spiro atoms. The average Bonchev–Trinajstić information content (AvgIpc) is 2.78. The second-order valence-corrected chi connectivity index (χ2v) is 5.49. The van der Waals surface area contributed by atoms with Gasteiger partial charge in [0.15, 0.2) is 5.69 Å². The van der Waals surface area contributed by atoms with Gasteiger partial charge in [0.2, 0.25) is 0 Å². The first-order valence-corrected chi connectivity index (χ1v) is 7.09. The van der Waals surface area contributed by atoms with Crippen molar-refractivity contribution in [2.75, 3.05) is 6.54 Å². The number of pyridine rings is 1. The molecule has 0 amide bonds. The monoisotopic (exact) mass is 273 g/mol. The van der Waals surface area contributed by atoms with Crippen LogP contribution in [-0.2, 0) is 6.42 Å². The first-order valence-electron chi connectivity index (χ1n) is 7.09. The summed E-state index contributed by atoms with van der Waals surface area (Å²) in [6, 6.07) is 4.16. The maximum atomic E-state index is 11.3. The molecule has 2 aromatic rings. The number of carboxylic acid groups (broad SMARTS) is 1. The van der Waals surface area contributed by atoms with Gasteiger partial charge in [-0.25, -0.2) is 9.78 Å². The van der Waals surface area contributed by atoms with E-state index >= 15 is 0 Å². The Hall–Kier alpha value is -1.88. The van der Waals surface area contributed by atoms with Crippen molar-refractivity contribution in [2.24, 2.45) is 0 Å². The number of hydrogen-bond donors (Lipinski definition) is 2. The molecular weight excluding hydrogens is 254 g/mol. The van der Waals surface area contributed by atoms with E-state index in [1.54, 1.807) is 0 Å². The first kappa shape index (κ1) is 13.1. The molecule has 5 heteroatoms. The zero-order chi connectivity index (χ0) is 14.1. The highest BCUT2D eigenvalue weighted by Gasteiger charge is 2.20. The third-order valence-corrected chi connectivity index (χ3v) is 3.90. The summed E-state index contributed by atoms with van der Waals surface area (Å²) in [6.45, 7) is 3.04. The van der Waals surface area contributed by atoms with Crippen LogP contribution >= 0.6 is 0 Å². The number of rotatable bonds is 3. The van der Waals surface area contributed by atoms with Crippen molar-refractivity contribution < 1.29 is 9.90 Å². The summed E-state index contributed by atoms with van der Waals surface area (Å²) in [5.74, 6) is -0.130. The van der Waals surface area contributed by atoms with E-state index in [2.05, 4.69) is 10.3 Å². The molecule has 2 aromatic heterocycles. The Labute approximate surface area is 117 Å². The van der Waals surface area contributed by atoms with Gasteiger partial charge in [0.25, 0.3) is 0 Å². The number of aromatic nitrogens is 2. The van der Waals surface area contributed by atoms with Gasteiger partial charge in [0.05, 0.1) is 5.52 Å². The third kappa shape index (κ3) is 2.41. The van der Waals surface area contributed by atoms with Gasteiger partial charge in [0, 0.05) is 18.7 Å². The smallest absolute Gasteiger partial charge is 0.356 e. The molecule has 3 rings (SSSR count). The predicted octanol–water partition coefficient (Wildman–Crippen LogP) is 2.03. The van der Waals surface area contributed by atoms with Gasteiger partial charge in [-0.1, -0.05) is 12.5 Å². The molecule has 1 aliphatic rings. The lowest BCUT2D eigenvalue weighted by Crippen LogP contribution is -2.36. The van der Waals surface area contributed by atoms with E-state index in [1.807, 2.05) is 29.7 Å². The first-order chi connectivity index (χ1) is 9.65. The highest BCUT2D eigenvalue weighted by Crippen LogP contribution is 2.18. The molecule has 106 valence electrons. The Morgan fingerprint density at radius 2 is 2.35 bits per heavy atom.